The first kappa shape index (κ1) is 12.7. The standard InChI is InChI=1S/C15H11BrN4/c1-9-6-12(16)8-20-14(18)13(19-15(9)20)11-4-2-10(7-17)3-5-11/h2-6,8H,18H2,1H3. The molecule has 5 heteroatoms. The second-order valence-corrected chi connectivity index (χ2v) is 5.49. The molecule has 20 heavy (non-hydrogen) atoms. The van der Waals surface area contributed by atoms with Crippen LogP contribution >= 0.6 is 15.9 Å². The highest BCUT2D eigenvalue weighted by atomic mass is 79.9. The Hall–Kier alpha value is -2.32. The molecule has 0 bridgehead atoms. The normalized spacial score (nSPS) is 10.7. The molecule has 0 atom stereocenters. The van der Waals surface area contributed by atoms with Gasteiger partial charge in [0.05, 0.1) is 11.6 Å². The van der Waals surface area contributed by atoms with Gasteiger partial charge >= 0.3 is 0 Å². The Morgan fingerprint density at radius 2 is 2.00 bits per heavy atom. The molecule has 0 aliphatic rings. The van der Waals surface area contributed by atoms with Crippen molar-refractivity contribution >= 4 is 27.4 Å². The number of benzene rings is 1. The Bertz CT molecular complexity index is 841. The molecule has 0 spiro atoms. The zero-order valence-electron chi connectivity index (χ0n) is 10.8. The van der Waals surface area contributed by atoms with Gasteiger partial charge in [-0.25, -0.2) is 4.98 Å². The number of anilines is 1. The first-order chi connectivity index (χ1) is 9.60. The van der Waals surface area contributed by atoms with Gasteiger partial charge in [0.15, 0.2) is 0 Å². The monoisotopic (exact) mass is 326 g/mol. The Morgan fingerprint density at radius 1 is 1.30 bits per heavy atom. The SMILES string of the molecule is Cc1cc(Br)cn2c(N)c(-c3ccc(C#N)cc3)nc12. The number of nitrogens with zero attached hydrogens (tertiary/aromatic N) is 3. The van der Waals surface area contributed by atoms with Gasteiger partial charge in [-0.15, -0.1) is 0 Å². The molecule has 0 fully saturated rings. The van der Waals surface area contributed by atoms with E-state index < -0.39 is 0 Å². The lowest BCUT2D eigenvalue weighted by molar-refractivity contribution is 1.16. The van der Waals surface area contributed by atoms with Gasteiger partial charge in [-0.2, -0.15) is 5.26 Å². The maximum absolute atomic E-state index is 8.84. The number of pyridine rings is 1. The molecule has 0 aliphatic heterocycles. The van der Waals surface area contributed by atoms with Gasteiger partial charge in [0.25, 0.3) is 0 Å². The average molecular weight is 327 g/mol. The molecule has 4 nitrogen and oxygen atoms in total. The van der Waals surface area contributed by atoms with Crippen molar-refractivity contribution in [3.8, 4) is 17.3 Å². The Morgan fingerprint density at radius 3 is 2.65 bits per heavy atom. The van der Waals surface area contributed by atoms with Crippen molar-refractivity contribution in [1.82, 2.24) is 9.38 Å². The van der Waals surface area contributed by atoms with Crippen LogP contribution in [0.4, 0.5) is 5.82 Å². The van der Waals surface area contributed by atoms with Gasteiger partial charge < -0.3 is 5.73 Å². The topological polar surface area (TPSA) is 67.1 Å². The number of aryl methyl sites for hydroxylation is 1. The fraction of sp³-hybridized carbons (Fsp3) is 0.0667. The van der Waals surface area contributed by atoms with Crippen molar-refractivity contribution in [2.45, 2.75) is 6.92 Å². The van der Waals surface area contributed by atoms with Crippen LogP contribution in [0.1, 0.15) is 11.1 Å². The summed E-state index contributed by atoms with van der Waals surface area (Å²) in [6.45, 7) is 2.00. The van der Waals surface area contributed by atoms with Gasteiger partial charge in [0, 0.05) is 16.2 Å². The molecule has 0 radical (unpaired) electrons. The van der Waals surface area contributed by atoms with E-state index in [-0.39, 0.29) is 0 Å². The molecule has 0 unspecified atom stereocenters. The number of hydrogen-bond acceptors (Lipinski definition) is 3. The van der Waals surface area contributed by atoms with Crippen molar-refractivity contribution in [3.05, 3.63) is 52.1 Å². The van der Waals surface area contributed by atoms with Crippen molar-refractivity contribution in [1.29, 1.82) is 5.26 Å². The van der Waals surface area contributed by atoms with Gasteiger partial charge in [-0.3, -0.25) is 4.40 Å². The predicted molar refractivity (Wildman–Crippen MR) is 82.2 cm³/mol. The average Bonchev–Trinajstić information content (AvgIpc) is 2.77. The van der Waals surface area contributed by atoms with E-state index in [2.05, 4.69) is 27.0 Å². The molecule has 2 N–H and O–H groups in total. The van der Waals surface area contributed by atoms with E-state index in [4.69, 9.17) is 11.0 Å². The van der Waals surface area contributed by atoms with Gasteiger partial charge in [-0.05, 0) is 46.6 Å². The maximum Gasteiger partial charge on any atom is 0.142 e. The highest BCUT2D eigenvalue weighted by Gasteiger charge is 2.13. The number of aromatic nitrogens is 2. The molecule has 2 heterocycles. The number of hydrogen-bond donors (Lipinski definition) is 1. The maximum atomic E-state index is 8.84. The van der Waals surface area contributed by atoms with Crippen LogP contribution in [-0.2, 0) is 0 Å². The fourth-order valence-electron chi connectivity index (χ4n) is 2.20. The van der Waals surface area contributed by atoms with Crippen molar-refractivity contribution < 1.29 is 0 Å². The van der Waals surface area contributed by atoms with Crippen LogP contribution in [-0.4, -0.2) is 9.38 Å². The van der Waals surface area contributed by atoms with Crippen LogP contribution in [0.2, 0.25) is 0 Å². The highest BCUT2D eigenvalue weighted by molar-refractivity contribution is 9.10. The third-order valence-corrected chi connectivity index (χ3v) is 3.63. The van der Waals surface area contributed by atoms with Crippen molar-refractivity contribution in [2.24, 2.45) is 0 Å². The van der Waals surface area contributed by atoms with Crippen LogP contribution in [0, 0.1) is 18.3 Å². The Kier molecular flexibility index (Phi) is 2.96. The van der Waals surface area contributed by atoms with Crippen LogP contribution in [0.25, 0.3) is 16.9 Å². The van der Waals surface area contributed by atoms with E-state index in [1.165, 1.54) is 0 Å². The Labute approximate surface area is 124 Å². The van der Waals surface area contributed by atoms with Crippen molar-refractivity contribution in [2.75, 3.05) is 5.73 Å². The Balaban J connectivity index is 2.24. The zero-order valence-corrected chi connectivity index (χ0v) is 12.3. The number of nitrogens with two attached hydrogens (primary N) is 1. The molecule has 0 aliphatic carbocycles. The molecular formula is C15H11BrN4. The van der Waals surface area contributed by atoms with Gasteiger partial charge in [0.2, 0.25) is 0 Å². The summed E-state index contributed by atoms with van der Waals surface area (Å²) in [7, 11) is 0. The first-order valence-corrected chi connectivity index (χ1v) is 6.83. The van der Waals surface area contributed by atoms with E-state index in [0.717, 1.165) is 26.9 Å². The second kappa shape index (κ2) is 4.66. The van der Waals surface area contributed by atoms with E-state index in [9.17, 15) is 0 Å². The number of nitrogen functional groups attached to an aromatic ring is 1. The molecular weight excluding hydrogens is 316 g/mol. The smallest absolute Gasteiger partial charge is 0.142 e. The van der Waals surface area contributed by atoms with E-state index in [1.54, 1.807) is 12.1 Å². The summed E-state index contributed by atoms with van der Waals surface area (Å²) < 4.78 is 2.82. The van der Waals surface area contributed by atoms with E-state index in [0.29, 0.717) is 11.4 Å². The minimum Gasteiger partial charge on any atom is -0.383 e. The van der Waals surface area contributed by atoms with E-state index >= 15 is 0 Å². The molecule has 0 saturated carbocycles. The lowest BCUT2D eigenvalue weighted by Gasteiger charge is -2.01. The molecule has 0 saturated heterocycles. The van der Waals surface area contributed by atoms with Gasteiger partial charge in [-0.1, -0.05) is 12.1 Å². The lowest BCUT2D eigenvalue weighted by Crippen LogP contribution is -1.95. The highest BCUT2D eigenvalue weighted by Crippen LogP contribution is 2.29. The number of imidazole rings is 1. The van der Waals surface area contributed by atoms with Crippen LogP contribution in [0.5, 0.6) is 0 Å². The zero-order chi connectivity index (χ0) is 14.3. The molecule has 1 aromatic carbocycles. The quantitative estimate of drug-likeness (QED) is 0.743. The molecule has 98 valence electrons. The summed E-state index contributed by atoms with van der Waals surface area (Å²) in [5.74, 6) is 0.592. The second-order valence-electron chi connectivity index (χ2n) is 4.57. The minimum absolute atomic E-state index is 0.592. The van der Waals surface area contributed by atoms with E-state index in [1.807, 2.05) is 35.7 Å². The van der Waals surface area contributed by atoms with Crippen LogP contribution in [0.3, 0.4) is 0 Å². The van der Waals surface area contributed by atoms with Crippen molar-refractivity contribution in [3.63, 3.8) is 0 Å². The van der Waals surface area contributed by atoms with Gasteiger partial charge in [0.1, 0.15) is 17.2 Å². The third-order valence-electron chi connectivity index (χ3n) is 3.20. The molecule has 2 aromatic heterocycles. The summed E-state index contributed by atoms with van der Waals surface area (Å²) in [5, 5.41) is 8.84. The predicted octanol–water partition coefficient (Wildman–Crippen LogP) is 3.53. The fourth-order valence-corrected chi connectivity index (χ4v) is 2.75. The number of fused-ring (bicyclic) bond motifs is 1. The summed E-state index contributed by atoms with van der Waals surface area (Å²) in [4.78, 5) is 4.61. The minimum atomic E-state index is 0.592. The van der Waals surface area contributed by atoms with Crippen LogP contribution in [0.15, 0.2) is 41.0 Å². The summed E-state index contributed by atoms with van der Waals surface area (Å²) in [6, 6.07) is 11.4. The first-order valence-electron chi connectivity index (χ1n) is 6.04. The summed E-state index contributed by atoms with van der Waals surface area (Å²) in [5.41, 5.74) is 10.3. The largest absolute Gasteiger partial charge is 0.383 e. The molecule has 0 amide bonds. The molecule has 3 aromatic rings. The third kappa shape index (κ3) is 1.95. The number of halogens is 1. The summed E-state index contributed by atoms with van der Waals surface area (Å²) in [6.07, 6.45) is 1.90. The van der Waals surface area contributed by atoms with Crippen LogP contribution < -0.4 is 5.73 Å². The summed E-state index contributed by atoms with van der Waals surface area (Å²) >= 11 is 3.46. The molecule has 3 rings (SSSR count). The number of rotatable bonds is 1. The lowest BCUT2D eigenvalue weighted by atomic mass is 10.1. The number of nitriles is 1.